The molecule has 14 rings (SSSR count). The summed E-state index contributed by atoms with van der Waals surface area (Å²) in [5, 5.41) is 195. The minimum absolute atomic E-state index is 0.0158. The van der Waals surface area contributed by atoms with Crippen molar-refractivity contribution in [3.63, 3.8) is 0 Å². The van der Waals surface area contributed by atoms with Gasteiger partial charge in [-0.25, -0.2) is 4.79 Å². The number of nitrogens with two attached hydrogens (primary N) is 1. The Kier molecular flexibility index (Phi) is 32.9. The first-order valence-electron chi connectivity index (χ1n) is 42.6. The van der Waals surface area contributed by atoms with Crippen LogP contribution < -0.4 is 73.1 Å². The molecule has 6 heterocycles. The fourth-order valence-corrected chi connectivity index (χ4v) is 17.2. The van der Waals surface area contributed by atoms with Gasteiger partial charge in [-0.1, -0.05) is 110 Å². The Bertz CT molecular complexity index is 5460. The van der Waals surface area contributed by atoms with Crippen molar-refractivity contribution in [2.45, 2.75) is 200 Å². The van der Waals surface area contributed by atoms with E-state index in [1.54, 1.807) is 39.8 Å². The number of hydrogen-bond donors (Lipinski definition) is 26. The molecule has 0 spiro atoms. The van der Waals surface area contributed by atoms with Crippen LogP contribution in [0, 0.1) is 11.8 Å². The summed E-state index contributed by atoms with van der Waals surface area (Å²) in [6, 6.07) is 12.7. The van der Waals surface area contributed by atoms with Gasteiger partial charge in [0.15, 0.2) is 23.6 Å². The van der Waals surface area contributed by atoms with Crippen LogP contribution in [0.4, 0.5) is 0 Å². The molecule has 0 aromatic heterocycles. The lowest BCUT2D eigenvalue weighted by Gasteiger charge is -2.48. The summed E-state index contributed by atoms with van der Waals surface area (Å²) in [4.78, 5) is 133. The van der Waals surface area contributed by atoms with Gasteiger partial charge in [0.1, 0.15) is 114 Å². The van der Waals surface area contributed by atoms with Crippen LogP contribution >= 0.6 is 34.8 Å². The number of amides is 8. The summed E-state index contributed by atoms with van der Waals surface area (Å²) in [6.45, 7) is 4.49. The molecule has 1 aliphatic carbocycles. The molecule has 11 bridgehead atoms. The van der Waals surface area contributed by atoms with Gasteiger partial charge in [-0.05, 0) is 164 Å². The molecule has 22 atom stereocenters. The molecule has 2 fully saturated rings. The van der Waals surface area contributed by atoms with Crippen LogP contribution in [-0.2, 0) is 65.7 Å². The highest BCUT2D eigenvalue weighted by Crippen LogP contribution is 2.51. The standard InChI is InChI=1S/C90H106Cl3N11O29/c1-37(2)23-53(95-5)81(120)103-68-70(111)43-14-19-58(51(92)26-43)130-60-28-45-29-61(78(60)133-89-79(76(117)74(115)62(36-106)132-89)129-47-24-38(3)80(119)90(4,32-47)98-33-39-7-9-40(10-8-39)41-11-16-46(91)17-12-41)131-59-20-15-44(27-52(59)93)71(112)69-86(125)102-67(88(127)128)49-30-56(108)50(34-96-21-6-22-97-87(126)77(118)75(116)73(114)57(109)35-105)72(113)64(49)48-25-42(13-18-55(48)107)65(83(122)104-69)101-84(123)66(45)100-82(121)54(31-63(94)110)99-85(68)124/h7-20,25-30,37-38,47,53-54,57,62,65-71,73-77,79-80,89,95-96,98,105-109,111-119H,6,21-24,31-36H2,1-5H3,(H2,94,110)(H,97,126)(H,99,124)(H,100,121)(H,101,123)(H,102,125)(H,103,120)(H,104,122)(H,127,128)/t38-,47-,53-,54+,57-,62-,65+,66-,67+,68-,69+,70-,71-,73-,74?,75+,76?,77-,79-,80-,89+,90?/m1/s1. The van der Waals surface area contributed by atoms with Gasteiger partial charge in [0, 0.05) is 46.9 Å². The number of aliphatic carboxylic acids is 1. The zero-order chi connectivity index (χ0) is 96.6. The maximum atomic E-state index is 16.5. The van der Waals surface area contributed by atoms with Crippen molar-refractivity contribution >= 4 is 88.0 Å². The summed E-state index contributed by atoms with van der Waals surface area (Å²) in [5.41, 5.74) is 3.48. The zero-order valence-corrected chi connectivity index (χ0v) is 74.4. The summed E-state index contributed by atoms with van der Waals surface area (Å²) in [5.74, 6) is -18.7. The Morgan fingerprint density at radius 3 is 1.86 bits per heavy atom. The number of aliphatic hydroxyl groups is 11. The van der Waals surface area contributed by atoms with Gasteiger partial charge < -0.3 is 159 Å². The van der Waals surface area contributed by atoms with Crippen molar-refractivity contribution in [2.24, 2.45) is 17.6 Å². The van der Waals surface area contributed by atoms with Crippen LogP contribution in [0.3, 0.4) is 0 Å². The first kappa shape index (κ1) is 101. The fourth-order valence-electron chi connectivity index (χ4n) is 16.6. The van der Waals surface area contributed by atoms with E-state index in [1.807, 2.05) is 36.4 Å². The monoisotopic (exact) mass is 1910 g/mol. The Morgan fingerprint density at radius 1 is 0.654 bits per heavy atom. The number of phenols is 3. The molecule has 716 valence electrons. The van der Waals surface area contributed by atoms with Crippen LogP contribution in [0.15, 0.2) is 121 Å². The second-order valence-electron chi connectivity index (χ2n) is 34.0. The van der Waals surface area contributed by atoms with Gasteiger partial charge >= 0.3 is 5.97 Å². The lowest BCUT2D eigenvalue weighted by atomic mass is 9.73. The second-order valence-corrected chi connectivity index (χ2v) is 35.3. The highest BCUT2D eigenvalue weighted by molar-refractivity contribution is 6.32. The molecule has 3 unspecified atom stereocenters. The molecule has 8 amide bonds. The van der Waals surface area contributed by atoms with Crippen LogP contribution in [0.5, 0.6) is 46.0 Å². The fraction of sp³-hybridized carbons (Fsp3) is 0.433. The number of phenolic OH excluding ortho intramolecular Hbond substituents is 3. The van der Waals surface area contributed by atoms with Crippen molar-refractivity contribution < 1.29 is 143 Å². The van der Waals surface area contributed by atoms with E-state index < -0.39 is 291 Å². The van der Waals surface area contributed by atoms with Crippen LogP contribution in [-0.4, -0.2) is 260 Å². The molecule has 0 radical (unpaired) electrons. The van der Waals surface area contributed by atoms with Crippen molar-refractivity contribution in [2.75, 3.05) is 33.4 Å². The topological polar surface area (TPSA) is 650 Å². The number of aliphatic hydroxyl groups excluding tert-OH is 11. The number of nitrogens with one attached hydrogen (secondary N) is 10. The number of hydrogen-bond acceptors (Lipinski definition) is 31. The lowest BCUT2D eigenvalue weighted by molar-refractivity contribution is -0.299. The van der Waals surface area contributed by atoms with E-state index >= 15 is 24.0 Å². The van der Waals surface area contributed by atoms with Crippen LogP contribution in [0.1, 0.15) is 129 Å². The molecule has 133 heavy (non-hydrogen) atoms. The lowest BCUT2D eigenvalue weighted by Crippen LogP contribution is -2.64. The molecule has 7 aliphatic rings. The number of likely N-dealkylation sites (N-methyl/N-ethyl adjacent to an activating group) is 1. The molecule has 1 saturated carbocycles. The van der Waals surface area contributed by atoms with E-state index in [0.29, 0.717) is 5.02 Å². The first-order valence-corrected chi connectivity index (χ1v) is 43.7. The summed E-state index contributed by atoms with van der Waals surface area (Å²) >= 11 is 20.6. The summed E-state index contributed by atoms with van der Waals surface area (Å²) in [7, 11) is 1.46. The van der Waals surface area contributed by atoms with Gasteiger partial charge in [0.05, 0.1) is 53.5 Å². The second kappa shape index (κ2) is 43.4. The maximum Gasteiger partial charge on any atom is 0.330 e. The van der Waals surface area contributed by atoms with Gasteiger partial charge in [-0.2, -0.15) is 0 Å². The highest BCUT2D eigenvalue weighted by atomic mass is 35.5. The number of primary amides is 1. The average molecular weight is 1910 g/mol. The highest BCUT2D eigenvalue weighted by Gasteiger charge is 2.52. The van der Waals surface area contributed by atoms with Crippen molar-refractivity contribution in [3.8, 4) is 68.2 Å². The largest absolute Gasteiger partial charge is 0.507 e. The van der Waals surface area contributed by atoms with Crippen molar-refractivity contribution in [1.29, 1.82) is 0 Å². The van der Waals surface area contributed by atoms with E-state index in [2.05, 4.69) is 53.2 Å². The quantitative estimate of drug-likeness (QED) is 0.0304. The van der Waals surface area contributed by atoms with E-state index in [1.165, 1.54) is 19.2 Å². The molecule has 40 nitrogen and oxygen atoms in total. The van der Waals surface area contributed by atoms with E-state index in [4.69, 9.17) is 64.2 Å². The third-order valence-corrected chi connectivity index (χ3v) is 24.8. The molecule has 7 aromatic carbocycles. The number of carboxylic acids is 1. The SMILES string of the molecule is CN[C@H](CC(C)C)C(=O)N[C@H]1C(=O)N[C@@H](CC(N)=O)C(=O)N[C@H]2C(=O)N[C@@H]3C(=O)N[C@H](C(=O)N[C@H](C(=O)O)c4cc(O)c(CNCCCNC(=O)[C@H](O)[C@@H](O)[C@H](O)[C@H](O)CO)c(O)c4-c4cc3ccc4O)[C@H](O)c3ccc(c(Cl)c3)Oc3cc2cc(c3O[C@@H]2O[C@H](CO)C(O)C(O)[C@H]2O[C@@H]2C[C@@H](C)[C@@H](O)C(C)(NCc3ccc(-c4ccc(Cl)cc4)cc3)C2)Oc2ccc(cc2Cl)[C@H]1O. The minimum atomic E-state index is -2.43. The number of rotatable bonds is 28. The number of carbonyl (C=O) groups is 9. The number of carbonyl (C=O) groups excluding carboxylic acids is 8. The predicted molar refractivity (Wildman–Crippen MR) is 473 cm³/mol. The van der Waals surface area contributed by atoms with Gasteiger partial charge in [0.25, 0.3) is 5.91 Å². The van der Waals surface area contributed by atoms with Crippen molar-refractivity contribution in [1.82, 2.24) is 53.2 Å². The van der Waals surface area contributed by atoms with Gasteiger partial charge in [0.2, 0.25) is 53.4 Å². The summed E-state index contributed by atoms with van der Waals surface area (Å²) < 4.78 is 33.7. The van der Waals surface area contributed by atoms with Gasteiger partial charge in [-0.3, -0.25) is 38.4 Å². The average Bonchev–Trinajstić information content (AvgIpc) is 0.602. The normalized spacial score (nSPS) is 26.1. The molecule has 1 saturated heterocycles. The molecular formula is C90H106Cl3N11O29. The number of halogens is 3. The number of aromatic hydroxyl groups is 3. The Labute approximate surface area is 775 Å². The van der Waals surface area contributed by atoms with E-state index in [0.717, 1.165) is 77.4 Å². The smallest absolute Gasteiger partial charge is 0.330 e. The summed E-state index contributed by atoms with van der Waals surface area (Å²) in [6.07, 6.45) is -25.3. The van der Waals surface area contributed by atoms with Crippen molar-refractivity contribution in [3.05, 3.63) is 175 Å². The van der Waals surface area contributed by atoms with Gasteiger partial charge in [-0.15, -0.1) is 0 Å². The molecule has 43 heteroatoms. The first-order chi connectivity index (χ1) is 63.1. The zero-order valence-electron chi connectivity index (χ0n) is 72.2. The molecule has 7 aromatic rings. The predicted octanol–water partition coefficient (Wildman–Crippen LogP) is 0.953. The number of carboxylic acid groups (broad SMARTS) is 1. The maximum absolute atomic E-state index is 16.5. The Balaban J connectivity index is 1.01. The third-order valence-electron chi connectivity index (χ3n) is 24.0. The number of benzene rings is 7. The minimum Gasteiger partial charge on any atom is -0.507 e. The van der Waals surface area contributed by atoms with Crippen LogP contribution in [0.25, 0.3) is 22.3 Å². The van der Waals surface area contributed by atoms with E-state index in [9.17, 15) is 95.8 Å². The molecular weight excluding hydrogens is 1810 g/mol. The Hall–Kier alpha value is -11.2. The number of fused-ring (bicyclic) bond motifs is 15. The van der Waals surface area contributed by atoms with E-state index in [-0.39, 0.29) is 73.1 Å². The number of ether oxygens (including phenoxy) is 5. The van der Waals surface area contributed by atoms with Crippen LogP contribution in [0.2, 0.25) is 15.1 Å². The molecule has 27 N–H and O–H groups in total. The Morgan fingerprint density at radius 2 is 1.26 bits per heavy atom. The molecule has 6 aliphatic heterocycles. The third kappa shape index (κ3) is 23.1.